The smallest absolute Gasteiger partial charge is 0.165 e. The average molecular weight is 252 g/mol. The molecule has 0 fully saturated rings. The van der Waals surface area contributed by atoms with Crippen molar-refractivity contribution in [2.75, 3.05) is 0 Å². The molecule has 0 bridgehead atoms. The van der Waals surface area contributed by atoms with E-state index in [0.717, 1.165) is 0 Å². The summed E-state index contributed by atoms with van der Waals surface area (Å²) in [5, 5.41) is 43.1. The Balaban J connectivity index is 3.85. The van der Waals surface area contributed by atoms with Gasteiger partial charge in [0.1, 0.15) is 0 Å². The van der Waals surface area contributed by atoms with Gasteiger partial charge in [-0.1, -0.05) is 0 Å². The van der Waals surface area contributed by atoms with Gasteiger partial charge in [0.2, 0.25) is 0 Å². The molecule has 0 aromatic heterocycles. The van der Waals surface area contributed by atoms with Gasteiger partial charge >= 0.3 is 0 Å². The Labute approximate surface area is 108 Å². The lowest BCUT2D eigenvalue weighted by atomic mass is 10.1. The predicted octanol–water partition coefficient (Wildman–Crippen LogP) is 1.96. The van der Waals surface area contributed by atoms with Gasteiger partial charge in [-0.05, 0) is 39.5 Å². The molecule has 0 amide bonds. The maximum Gasteiger partial charge on any atom is 0.165 e. The molecule has 0 aliphatic carbocycles. The molecule has 0 rings (SSSR count). The quantitative estimate of drug-likeness (QED) is 0.643. The van der Waals surface area contributed by atoms with E-state index in [4.69, 9.17) is 10.5 Å². The summed E-state index contributed by atoms with van der Waals surface area (Å²) in [5.41, 5.74) is 0. The third-order valence-electron chi connectivity index (χ3n) is 2.49. The highest BCUT2D eigenvalue weighted by Crippen LogP contribution is 2.10. The van der Waals surface area contributed by atoms with Gasteiger partial charge in [0.05, 0.1) is 12.1 Å². The highest BCUT2D eigenvalue weighted by molar-refractivity contribution is 4.79. The summed E-state index contributed by atoms with van der Waals surface area (Å²) < 4.78 is 0. The summed E-state index contributed by atoms with van der Waals surface area (Å²) in [5.74, 6) is -0.257. The summed E-state index contributed by atoms with van der Waals surface area (Å²) in [4.78, 5) is 0. The Morgan fingerprint density at radius 1 is 0.833 bits per heavy atom. The number of hydrogen-bond donors (Lipinski definition) is 2. The summed E-state index contributed by atoms with van der Waals surface area (Å²) in [6.45, 7) is 3.53. The minimum atomic E-state index is -0.983. The first-order chi connectivity index (χ1) is 8.49. The van der Waals surface area contributed by atoms with Crippen LogP contribution in [0.15, 0.2) is 10.2 Å². The van der Waals surface area contributed by atoms with Gasteiger partial charge in [-0.3, -0.25) is 0 Å². The Morgan fingerprint density at radius 3 is 1.44 bits per heavy atom. The van der Waals surface area contributed by atoms with Crippen molar-refractivity contribution < 1.29 is 10.2 Å². The average Bonchev–Trinajstić information content (AvgIpc) is 2.39. The van der Waals surface area contributed by atoms with Gasteiger partial charge < -0.3 is 10.2 Å². The van der Waals surface area contributed by atoms with Gasteiger partial charge in [0.25, 0.3) is 0 Å². The molecule has 100 valence electrons. The van der Waals surface area contributed by atoms with Crippen LogP contribution in [-0.4, -0.2) is 22.7 Å². The van der Waals surface area contributed by atoms with Crippen molar-refractivity contribution in [3.63, 3.8) is 0 Å². The lowest BCUT2D eigenvalue weighted by Gasteiger charge is -2.08. The molecular formula is C12H20N4O2. The van der Waals surface area contributed by atoms with Crippen LogP contribution in [0.4, 0.5) is 0 Å². The molecule has 6 nitrogen and oxygen atoms in total. The zero-order valence-corrected chi connectivity index (χ0v) is 10.8. The minimum Gasteiger partial charge on any atom is -0.370 e. The van der Waals surface area contributed by atoms with Crippen LogP contribution >= 0.6 is 0 Å². The molecule has 18 heavy (non-hydrogen) atoms. The van der Waals surface area contributed by atoms with E-state index >= 15 is 0 Å². The fourth-order valence-corrected chi connectivity index (χ4v) is 1.20. The number of azo groups is 1. The molecule has 4 atom stereocenters. The van der Waals surface area contributed by atoms with Crippen molar-refractivity contribution in [3.05, 3.63) is 0 Å². The largest absolute Gasteiger partial charge is 0.370 e. The lowest BCUT2D eigenvalue weighted by molar-refractivity contribution is 0.124. The topological polar surface area (TPSA) is 113 Å². The maximum absolute atomic E-state index is 9.43. The number of rotatable bonds is 8. The molecule has 0 aromatic carbocycles. The van der Waals surface area contributed by atoms with Crippen LogP contribution in [0.3, 0.4) is 0 Å². The third kappa shape index (κ3) is 8.63. The van der Waals surface area contributed by atoms with E-state index in [2.05, 4.69) is 22.4 Å². The van der Waals surface area contributed by atoms with Gasteiger partial charge in [-0.2, -0.15) is 20.8 Å². The van der Waals surface area contributed by atoms with Crippen LogP contribution in [0.5, 0.6) is 0 Å². The van der Waals surface area contributed by atoms with E-state index in [1.54, 1.807) is 13.8 Å². The summed E-state index contributed by atoms with van der Waals surface area (Å²) in [6, 6.07) is 4.12. The summed E-state index contributed by atoms with van der Waals surface area (Å²) in [7, 11) is 0. The van der Waals surface area contributed by atoms with Gasteiger partial charge in [-0.25, -0.2) is 0 Å². The van der Waals surface area contributed by atoms with E-state index in [1.807, 2.05) is 0 Å². The molecule has 0 saturated carbocycles. The van der Waals surface area contributed by atoms with E-state index in [-0.39, 0.29) is 11.8 Å². The number of aliphatic hydroxyl groups excluding tert-OH is 2. The fourth-order valence-electron chi connectivity index (χ4n) is 1.20. The molecule has 0 aliphatic rings. The van der Waals surface area contributed by atoms with Crippen LogP contribution in [0.25, 0.3) is 0 Å². The molecule has 4 unspecified atom stereocenters. The Hall–Kier alpha value is -1.50. The first kappa shape index (κ1) is 16.5. The van der Waals surface area contributed by atoms with Crippen molar-refractivity contribution in [2.24, 2.45) is 22.1 Å². The van der Waals surface area contributed by atoms with Crippen molar-refractivity contribution in [2.45, 2.75) is 52.0 Å². The Morgan fingerprint density at radius 2 is 1.17 bits per heavy atom. The van der Waals surface area contributed by atoms with E-state index in [0.29, 0.717) is 25.7 Å². The minimum absolute atomic E-state index is 0.128. The zero-order valence-electron chi connectivity index (χ0n) is 10.8. The number of hydrogen-bond acceptors (Lipinski definition) is 6. The van der Waals surface area contributed by atoms with Crippen LogP contribution in [0, 0.1) is 34.5 Å². The molecule has 0 spiro atoms. The SMILES string of the molecule is CC(C#N)CCC(O)N=NC(O)CCC(C)C#N. The molecule has 0 radical (unpaired) electrons. The first-order valence-corrected chi connectivity index (χ1v) is 6.05. The molecular weight excluding hydrogens is 232 g/mol. The highest BCUT2D eigenvalue weighted by Gasteiger charge is 2.08. The van der Waals surface area contributed by atoms with Gasteiger partial charge in [-0.15, -0.1) is 0 Å². The normalized spacial score (nSPS) is 17.7. The first-order valence-electron chi connectivity index (χ1n) is 6.05. The Bertz CT molecular complexity index is 300. The van der Waals surface area contributed by atoms with Crippen molar-refractivity contribution in [3.8, 4) is 12.1 Å². The molecule has 0 aromatic rings. The number of nitrogens with zero attached hydrogens (tertiary/aromatic N) is 4. The lowest BCUT2D eigenvalue weighted by Crippen LogP contribution is -2.08. The standard InChI is InChI=1S/C12H20N4O2/c1-9(7-13)3-5-11(17)15-16-12(18)6-4-10(2)8-14/h9-12,17-18H,3-6H2,1-2H3. The highest BCUT2D eigenvalue weighted by atomic mass is 16.3. The second kappa shape index (κ2) is 9.52. The van der Waals surface area contributed by atoms with Crippen LogP contribution < -0.4 is 0 Å². The predicted molar refractivity (Wildman–Crippen MR) is 64.9 cm³/mol. The fraction of sp³-hybridized carbons (Fsp3) is 0.833. The molecule has 0 saturated heterocycles. The summed E-state index contributed by atoms with van der Waals surface area (Å²) >= 11 is 0. The van der Waals surface area contributed by atoms with Crippen LogP contribution in [-0.2, 0) is 0 Å². The second-order valence-corrected chi connectivity index (χ2v) is 4.41. The second-order valence-electron chi connectivity index (χ2n) is 4.41. The summed E-state index contributed by atoms with van der Waals surface area (Å²) in [6.07, 6.45) is -0.192. The van der Waals surface area contributed by atoms with Crippen molar-refractivity contribution >= 4 is 0 Å². The van der Waals surface area contributed by atoms with Gasteiger partial charge in [0, 0.05) is 11.8 Å². The van der Waals surface area contributed by atoms with Gasteiger partial charge in [0.15, 0.2) is 12.5 Å². The molecule has 0 heterocycles. The zero-order chi connectivity index (χ0) is 14.0. The molecule has 0 aliphatic heterocycles. The number of aliphatic hydroxyl groups is 2. The van der Waals surface area contributed by atoms with Crippen LogP contribution in [0.2, 0.25) is 0 Å². The molecule has 2 N–H and O–H groups in total. The van der Waals surface area contributed by atoms with E-state index in [1.165, 1.54) is 0 Å². The van der Waals surface area contributed by atoms with Crippen molar-refractivity contribution in [1.82, 2.24) is 0 Å². The number of nitriles is 2. The van der Waals surface area contributed by atoms with Crippen LogP contribution in [0.1, 0.15) is 39.5 Å². The Kier molecular flexibility index (Phi) is 8.73. The third-order valence-corrected chi connectivity index (χ3v) is 2.49. The maximum atomic E-state index is 9.43. The van der Waals surface area contributed by atoms with E-state index in [9.17, 15) is 10.2 Å². The monoisotopic (exact) mass is 252 g/mol. The van der Waals surface area contributed by atoms with Crippen molar-refractivity contribution in [1.29, 1.82) is 10.5 Å². The van der Waals surface area contributed by atoms with E-state index < -0.39 is 12.5 Å². The molecule has 6 heteroatoms.